The first-order valence-electron chi connectivity index (χ1n) is 14.3. The Labute approximate surface area is 260 Å². The summed E-state index contributed by atoms with van der Waals surface area (Å²) in [7, 11) is 3.98. The molecular formula is C33H36BrN5O2S. The molecule has 218 valence electrons. The van der Waals surface area contributed by atoms with E-state index in [1.54, 1.807) is 12.1 Å². The Hall–Kier alpha value is -3.43. The fourth-order valence-corrected chi connectivity index (χ4v) is 6.70. The van der Waals surface area contributed by atoms with Crippen molar-refractivity contribution in [3.8, 4) is 0 Å². The van der Waals surface area contributed by atoms with Gasteiger partial charge in [-0.05, 0) is 69.0 Å². The van der Waals surface area contributed by atoms with Gasteiger partial charge >= 0.3 is 0 Å². The summed E-state index contributed by atoms with van der Waals surface area (Å²) >= 11 is 4.88. The molecule has 1 heterocycles. The molecule has 42 heavy (non-hydrogen) atoms. The summed E-state index contributed by atoms with van der Waals surface area (Å²) in [5, 5.41) is 7.31. The minimum atomic E-state index is -0.519. The van der Waals surface area contributed by atoms with Crippen LogP contribution in [0.5, 0.6) is 0 Å². The summed E-state index contributed by atoms with van der Waals surface area (Å²) in [5.74, 6) is 1.39. The van der Waals surface area contributed by atoms with Crippen LogP contribution >= 0.6 is 27.7 Å². The van der Waals surface area contributed by atoms with Crippen LogP contribution < -0.4 is 15.5 Å². The normalized spacial score (nSPS) is 17.4. The standard InChI is InChI=1S/C33H36BrN5O2S/c1-21-7-6-8-26(19-21)42-30(20-29(40)22-11-13-23(34)14-12-22)32(41)35-24-15-17-25(18-16-24)36-33-37-28-10-5-4-9-27(28)31(38-33)39(2)3/h4-14,19,24-25,30H,15-18,20H2,1-3H3,(H,35,41)(H,36,37,38). The Morgan fingerprint density at radius 1 is 0.952 bits per heavy atom. The van der Waals surface area contributed by atoms with Crippen molar-refractivity contribution in [3.05, 3.63) is 88.4 Å². The Bertz CT molecular complexity index is 1550. The zero-order chi connectivity index (χ0) is 29.6. The summed E-state index contributed by atoms with van der Waals surface area (Å²) in [4.78, 5) is 39.3. The number of aromatic nitrogens is 2. The molecule has 1 unspecified atom stereocenters. The fraction of sp³-hybridized carbons (Fsp3) is 0.333. The molecule has 1 aliphatic rings. The van der Waals surface area contributed by atoms with Crippen LogP contribution in [0.2, 0.25) is 0 Å². The molecule has 0 spiro atoms. The number of benzene rings is 3. The lowest BCUT2D eigenvalue weighted by molar-refractivity contribution is -0.121. The predicted molar refractivity (Wildman–Crippen MR) is 176 cm³/mol. The number of nitrogens with one attached hydrogen (secondary N) is 2. The third-order valence-corrected chi connectivity index (χ3v) is 9.23. The van der Waals surface area contributed by atoms with Crippen molar-refractivity contribution >= 4 is 62.1 Å². The van der Waals surface area contributed by atoms with Crippen LogP contribution in [0.15, 0.2) is 82.2 Å². The number of para-hydroxylation sites is 1. The number of thioether (sulfide) groups is 1. The maximum Gasteiger partial charge on any atom is 0.234 e. The highest BCUT2D eigenvalue weighted by atomic mass is 79.9. The van der Waals surface area contributed by atoms with Gasteiger partial charge in [-0.2, -0.15) is 4.98 Å². The van der Waals surface area contributed by atoms with E-state index in [-0.39, 0.29) is 30.2 Å². The van der Waals surface area contributed by atoms with Gasteiger partial charge in [0.25, 0.3) is 0 Å². The first-order valence-corrected chi connectivity index (χ1v) is 16.0. The van der Waals surface area contributed by atoms with Gasteiger partial charge in [0.2, 0.25) is 11.9 Å². The summed E-state index contributed by atoms with van der Waals surface area (Å²) in [5.41, 5.74) is 2.65. The van der Waals surface area contributed by atoms with Crippen LogP contribution in [0.1, 0.15) is 48.0 Å². The maximum atomic E-state index is 13.6. The van der Waals surface area contributed by atoms with Crippen molar-refractivity contribution in [2.75, 3.05) is 24.3 Å². The second kappa shape index (κ2) is 13.7. The van der Waals surface area contributed by atoms with Crippen molar-refractivity contribution in [1.29, 1.82) is 0 Å². The molecule has 9 heteroatoms. The van der Waals surface area contributed by atoms with E-state index in [1.165, 1.54) is 11.8 Å². The van der Waals surface area contributed by atoms with Gasteiger partial charge in [0.05, 0.1) is 10.8 Å². The van der Waals surface area contributed by atoms with E-state index in [0.29, 0.717) is 11.5 Å². The van der Waals surface area contributed by atoms with Crippen molar-refractivity contribution in [3.63, 3.8) is 0 Å². The number of anilines is 2. The first-order chi connectivity index (χ1) is 20.2. The number of rotatable bonds is 10. The Morgan fingerprint density at radius 3 is 2.38 bits per heavy atom. The average Bonchev–Trinajstić information content (AvgIpc) is 2.97. The Morgan fingerprint density at radius 2 is 1.67 bits per heavy atom. The van der Waals surface area contributed by atoms with E-state index in [0.717, 1.165) is 57.3 Å². The van der Waals surface area contributed by atoms with Crippen molar-refractivity contribution in [2.45, 2.75) is 61.3 Å². The third kappa shape index (κ3) is 7.69. The van der Waals surface area contributed by atoms with Crippen LogP contribution in [-0.4, -0.2) is 53.1 Å². The minimum absolute atomic E-state index is 0.0387. The summed E-state index contributed by atoms with van der Waals surface area (Å²) in [6.07, 6.45) is 3.62. The zero-order valence-corrected chi connectivity index (χ0v) is 26.5. The SMILES string of the molecule is Cc1cccc(SC(CC(=O)c2ccc(Br)cc2)C(=O)NC2CCC(Nc3nc(N(C)C)c4ccccc4n3)CC2)c1. The topological polar surface area (TPSA) is 87.2 Å². The molecule has 0 saturated heterocycles. The van der Waals surface area contributed by atoms with Gasteiger partial charge in [0.1, 0.15) is 5.82 Å². The van der Waals surface area contributed by atoms with Gasteiger partial charge in [-0.3, -0.25) is 9.59 Å². The number of aryl methyl sites for hydroxylation is 1. The molecule has 5 rings (SSSR count). The van der Waals surface area contributed by atoms with Crippen molar-refractivity contribution in [1.82, 2.24) is 15.3 Å². The minimum Gasteiger partial charge on any atom is -0.362 e. The van der Waals surface area contributed by atoms with E-state index >= 15 is 0 Å². The molecular weight excluding hydrogens is 610 g/mol. The average molecular weight is 647 g/mol. The summed E-state index contributed by atoms with van der Waals surface area (Å²) < 4.78 is 0.915. The Balaban J connectivity index is 1.22. The quantitative estimate of drug-likeness (QED) is 0.141. The Kier molecular flexibility index (Phi) is 9.80. The largest absolute Gasteiger partial charge is 0.362 e. The van der Waals surface area contributed by atoms with Crippen LogP contribution in [0.4, 0.5) is 11.8 Å². The number of fused-ring (bicyclic) bond motifs is 1. The number of Topliss-reactive ketones (excluding diaryl/α,β-unsaturated/α-hetero) is 1. The van der Waals surface area contributed by atoms with Gasteiger partial charge < -0.3 is 15.5 Å². The molecule has 1 saturated carbocycles. The molecule has 1 aliphatic carbocycles. The van der Waals surface area contributed by atoms with E-state index in [1.807, 2.05) is 80.5 Å². The van der Waals surface area contributed by atoms with E-state index < -0.39 is 5.25 Å². The molecule has 0 radical (unpaired) electrons. The van der Waals surface area contributed by atoms with Gasteiger partial charge in [-0.25, -0.2) is 4.98 Å². The highest BCUT2D eigenvalue weighted by Gasteiger charge is 2.29. The lowest BCUT2D eigenvalue weighted by atomic mass is 9.91. The maximum absolute atomic E-state index is 13.6. The van der Waals surface area contributed by atoms with E-state index in [4.69, 9.17) is 9.97 Å². The predicted octanol–water partition coefficient (Wildman–Crippen LogP) is 7.04. The molecule has 1 aromatic heterocycles. The molecule has 7 nitrogen and oxygen atoms in total. The highest BCUT2D eigenvalue weighted by molar-refractivity contribution is 9.10. The number of hydrogen-bond acceptors (Lipinski definition) is 7. The van der Waals surface area contributed by atoms with Crippen molar-refractivity contribution < 1.29 is 9.59 Å². The monoisotopic (exact) mass is 645 g/mol. The summed E-state index contributed by atoms with van der Waals surface area (Å²) in [6, 6.07) is 23.7. The number of amides is 1. The molecule has 0 bridgehead atoms. The third-order valence-electron chi connectivity index (χ3n) is 7.51. The molecule has 1 amide bonds. The number of hydrogen-bond donors (Lipinski definition) is 2. The van der Waals surface area contributed by atoms with Crippen LogP contribution in [0.25, 0.3) is 10.9 Å². The molecule has 2 N–H and O–H groups in total. The number of carbonyl (C=O) groups excluding carboxylic acids is 2. The van der Waals surface area contributed by atoms with Crippen LogP contribution in [0.3, 0.4) is 0 Å². The smallest absolute Gasteiger partial charge is 0.234 e. The van der Waals surface area contributed by atoms with Crippen molar-refractivity contribution in [2.24, 2.45) is 0 Å². The highest BCUT2D eigenvalue weighted by Crippen LogP contribution is 2.30. The van der Waals surface area contributed by atoms with Gasteiger partial charge in [-0.15, -0.1) is 11.8 Å². The molecule has 1 fully saturated rings. The number of carbonyl (C=O) groups is 2. The van der Waals surface area contributed by atoms with Crippen LogP contribution in [0, 0.1) is 6.92 Å². The van der Waals surface area contributed by atoms with E-state index in [9.17, 15) is 9.59 Å². The zero-order valence-electron chi connectivity index (χ0n) is 24.1. The molecule has 0 aliphatic heterocycles. The fourth-order valence-electron chi connectivity index (χ4n) is 5.29. The second-order valence-electron chi connectivity index (χ2n) is 11.0. The summed E-state index contributed by atoms with van der Waals surface area (Å²) in [6.45, 7) is 2.03. The number of nitrogens with zero attached hydrogens (tertiary/aromatic N) is 3. The van der Waals surface area contributed by atoms with E-state index in [2.05, 4.69) is 32.6 Å². The molecule has 1 atom stereocenters. The lowest BCUT2D eigenvalue weighted by Gasteiger charge is -2.31. The van der Waals surface area contributed by atoms with Gasteiger partial charge in [-0.1, -0.05) is 57.9 Å². The lowest BCUT2D eigenvalue weighted by Crippen LogP contribution is -2.44. The molecule has 3 aromatic carbocycles. The number of halogens is 1. The van der Waals surface area contributed by atoms with Gasteiger partial charge in [0.15, 0.2) is 5.78 Å². The second-order valence-corrected chi connectivity index (χ2v) is 13.2. The number of ketones is 1. The molecule has 4 aromatic rings. The van der Waals surface area contributed by atoms with Crippen LogP contribution in [-0.2, 0) is 4.79 Å². The first kappa shape index (κ1) is 30.0. The van der Waals surface area contributed by atoms with Gasteiger partial charge in [0, 0.05) is 52.9 Å².